The highest BCUT2D eigenvalue weighted by atomic mass is 79.9. The first-order chi connectivity index (χ1) is 14.1. The van der Waals surface area contributed by atoms with E-state index >= 15 is 0 Å². The lowest BCUT2D eigenvalue weighted by Gasteiger charge is -2.13. The quantitative estimate of drug-likeness (QED) is 0.279. The molecular formula is C21H18BrN3O4. The third-order valence-corrected chi connectivity index (χ3v) is 4.53. The molecule has 8 heteroatoms. The van der Waals surface area contributed by atoms with Crippen LogP contribution < -0.4 is 14.9 Å². The molecule has 0 heterocycles. The summed E-state index contributed by atoms with van der Waals surface area (Å²) in [5, 5.41) is 14.9. The number of nitrogens with one attached hydrogen (secondary N) is 1. The summed E-state index contributed by atoms with van der Waals surface area (Å²) in [6.07, 6.45) is 1.61. The number of hydrogen-bond donors (Lipinski definition) is 1. The number of hydrazone groups is 1. The van der Waals surface area contributed by atoms with E-state index in [1.54, 1.807) is 25.5 Å². The maximum Gasteiger partial charge on any atom is 0.269 e. The fraction of sp³-hybridized carbons (Fsp3) is 0.0952. The van der Waals surface area contributed by atoms with Crippen molar-refractivity contribution < 1.29 is 14.4 Å². The van der Waals surface area contributed by atoms with Crippen LogP contribution in [-0.4, -0.2) is 18.2 Å². The minimum atomic E-state index is -0.446. The highest BCUT2D eigenvalue weighted by Crippen LogP contribution is 2.31. The molecule has 7 nitrogen and oxygen atoms in total. The Hall–Kier alpha value is -3.39. The molecular weight excluding hydrogens is 438 g/mol. The molecule has 148 valence electrons. The summed E-state index contributed by atoms with van der Waals surface area (Å²) in [6, 6.07) is 19.4. The lowest BCUT2D eigenvalue weighted by atomic mass is 10.2. The van der Waals surface area contributed by atoms with Crippen LogP contribution in [0.3, 0.4) is 0 Å². The SMILES string of the molecule is COc1cccc(C=NNc2ccc([N+](=O)[O-])cc2)c1OCc1ccc(Br)cc1. The molecule has 1 N–H and O–H groups in total. The molecule has 0 fully saturated rings. The molecule has 3 aromatic carbocycles. The van der Waals surface area contributed by atoms with Gasteiger partial charge in [-0.25, -0.2) is 0 Å². The second-order valence-electron chi connectivity index (χ2n) is 5.97. The number of rotatable bonds is 8. The van der Waals surface area contributed by atoms with Crippen LogP contribution in [0.4, 0.5) is 11.4 Å². The predicted molar refractivity (Wildman–Crippen MR) is 116 cm³/mol. The molecule has 0 spiro atoms. The monoisotopic (exact) mass is 455 g/mol. The Morgan fingerprint density at radius 2 is 1.83 bits per heavy atom. The van der Waals surface area contributed by atoms with Gasteiger partial charge in [-0.3, -0.25) is 15.5 Å². The number of non-ortho nitro benzene ring substituents is 1. The third-order valence-electron chi connectivity index (χ3n) is 4.00. The smallest absolute Gasteiger partial charge is 0.269 e. The van der Waals surface area contributed by atoms with Gasteiger partial charge in [0, 0.05) is 22.2 Å². The summed E-state index contributed by atoms with van der Waals surface area (Å²) in [5.41, 5.74) is 5.26. The Kier molecular flexibility index (Phi) is 6.80. The molecule has 0 saturated carbocycles. The number of nitrogens with zero attached hydrogens (tertiary/aromatic N) is 2. The summed E-state index contributed by atoms with van der Waals surface area (Å²) in [5.74, 6) is 1.17. The Morgan fingerprint density at radius 3 is 2.48 bits per heavy atom. The topological polar surface area (TPSA) is 86.0 Å². The van der Waals surface area contributed by atoms with Crippen molar-refractivity contribution in [3.05, 3.63) is 92.4 Å². The molecule has 0 amide bonds. The summed E-state index contributed by atoms with van der Waals surface area (Å²) in [7, 11) is 1.58. The van der Waals surface area contributed by atoms with E-state index in [-0.39, 0.29) is 5.69 Å². The number of methoxy groups -OCH3 is 1. The molecule has 0 aromatic heterocycles. The minimum absolute atomic E-state index is 0.0240. The van der Waals surface area contributed by atoms with Crippen molar-refractivity contribution in [2.75, 3.05) is 12.5 Å². The van der Waals surface area contributed by atoms with E-state index in [1.165, 1.54) is 12.1 Å². The fourth-order valence-electron chi connectivity index (χ4n) is 2.52. The first kappa shape index (κ1) is 20.3. The molecule has 0 aliphatic heterocycles. The van der Waals surface area contributed by atoms with Gasteiger partial charge in [-0.1, -0.05) is 34.1 Å². The largest absolute Gasteiger partial charge is 0.493 e. The first-order valence-electron chi connectivity index (χ1n) is 8.64. The number of hydrogen-bond acceptors (Lipinski definition) is 6. The molecule has 0 bridgehead atoms. The van der Waals surface area contributed by atoms with Gasteiger partial charge in [0.1, 0.15) is 6.61 Å². The van der Waals surface area contributed by atoms with Gasteiger partial charge < -0.3 is 9.47 Å². The van der Waals surface area contributed by atoms with Crippen molar-refractivity contribution >= 4 is 33.5 Å². The molecule has 29 heavy (non-hydrogen) atoms. The predicted octanol–water partition coefficient (Wildman–Crippen LogP) is 5.39. The van der Waals surface area contributed by atoms with Crippen molar-refractivity contribution in [2.45, 2.75) is 6.61 Å². The standard InChI is InChI=1S/C21H18BrN3O4/c1-28-20-4-2-3-16(21(20)29-14-15-5-7-17(22)8-6-15)13-23-24-18-9-11-19(12-10-18)25(26)27/h2-13,24H,14H2,1H3. The first-order valence-corrected chi connectivity index (χ1v) is 9.44. The van der Waals surface area contributed by atoms with E-state index in [2.05, 4.69) is 26.5 Å². The van der Waals surface area contributed by atoms with Gasteiger partial charge in [0.15, 0.2) is 11.5 Å². The van der Waals surface area contributed by atoms with E-state index in [1.807, 2.05) is 42.5 Å². The second-order valence-corrected chi connectivity index (χ2v) is 6.88. The average molecular weight is 456 g/mol. The normalized spacial score (nSPS) is 10.7. The zero-order chi connectivity index (χ0) is 20.6. The molecule has 3 rings (SSSR count). The highest BCUT2D eigenvalue weighted by Gasteiger charge is 2.10. The van der Waals surface area contributed by atoms with E-state index in [0.29, 0.717) is 23.8 Å². The average Bonchev–Trinajstić information content (AvgIpc) is 2.74. The van der Waals surface area contributed by atoms with E-state index in [0.717, 1.165) is 15.6 Å². The maximum absolute atomic E-state index is 10.7. The van der Waals surface area contributed by atoms with Crippen molar-refractivity contribution in [3.8, 4) is 11.5 Å². The van der Waals surface area contributed by atoms with E-state index in [9.17, 15) is 10.1 Å². The summed E-state index contributed by atoms with van der Waals surface area (Å²) in [4.78, 5) is 10.3. The van der Waals surface area contributed by atoms with Gasteiger partial charge in [0.05, 0.1) is 23.9 Å². The van der Waals surface area contributed by atoms with Crippen LogP contribution in [0.2, 0.25) is 0 Å². The van der Waals surface area contributed by atoms with Crippen LogP contribution >= 0.6 is 15.9 Å². The Morgan fingerprint density at radius 1 is 1.10 bits per heavy atom. The summed E-state index contributed by atoms with van der Waals surface area (Å²) < 4.78 is 12.4. The summed E-state index contributed by atoms with van der Waals surface area (Å²) >= 11 is 3.42. The number of para-hydroxylation sites is 1. The Bertz CT molecular complexity index is 1010. The summed E-state index contributed by atoms with van der Waals surface area (Å²) in [6.45, 7) is 0.379. The molecule has 3 aromatic rings. The van der Waals surface area contributed by atoms with Crippen LogP contribution in [0.15, 0.2) is 76.3 Å². The molecule has 0 atom stereocenters. The Balaban J connectivity index is 1.73. The molecule has 0 aliphatic rings. The van der Waals surface area contributed by atoms with Gasteiger partial charge in [-0.15, -0.1) is 0 Å². The van der Waals surface area contributed by atoms with Gasteiger partial charge in [0.25, 0.3) is 5.69 Å². The number of anilines is 1. The van der Waals surface area contributed by atoms with E-state index in [4.69, 9.17) is 9.47 Å². The maximum atomic E-state index is 10.7. The minimum Gasteiger partial charge on any atom is -0.493 e. The van der Waals surface area contributed by atoms with Crippen LogP contribution in [0.25, 0.3) is 0 Å². The van der Waals surface area contributed by atoms with Crippen LogP contribution in [0, 0.1) is 10.1 Å². The molecule has 0 saturated heterocycles. The molecule has 0 radical (unpaired) electrons. The van der Waals surface area contributed by atoms with Gasteiger partial charge in [0.2, 0.25) is 0 Å². The van der Waals surface area contributed by atoms with Crippen LogP contribution in [0.1, 0.15) is 11.1 Å². The second kappa shape index (κ2) is 9.70. The number of benzene rings is 3. The van der Waals surface area contributed by atoms with Crippen molar-refractivity contribution in [3.63, 3.8) is 0 Å². The van der Waals surface area contributed by atoms with E-state index < -0.39 is 4.92 Å². The molecule has 0 aliphatic carbocycles. The molecule has 0 unspecified atom stereocenters. The zero-order valence-corrected chi connectivity index (χ0v) is 17.1. The van der Waals surface area contributed by atoms with Crippen LogP contribution in [0.5, 0.6) is 11.5 Å². The highest BCUT2D eigenvalue weighted by molar-refractivity contribution is 9.10. The van der Waals surface area contributed by atoms with Gasteiger partial charge in [-0.2, -0.15) is 5.10 Å². The zero-order valence-electron chi connectivity index (χ0n) is 15.5. The Labute approximate surface area is 176 Å². The number of nitro groups is 1. The number of nitro benzene ring substituents is 1. The number of ether oxygens (including phenoxy) is 2. The van der Waals surface area contributed by atoms with Gasteiger partial charge >= 0.3 is 0 Å². The lowest BCUT2D eigenvalue weighted by Crippen LogP contribution is -2.01. The fourth-order valence-corrected chi connectivity index (χ4v) is 2.78. The lowest BCUT2D eigenvalue weighted by molar-refractivity contribution is -0.384. The van der Waals surface area contributed by atoms with Crippen molar-refractivity contribution in [2.24, 2.45) is 5.10 Å². The van der Waals surface area contributed by atoms with Crippen LogP contribution in [-0.2, 0) is 6.61 Å². The number of halogens is 1. The van der Waals surface area contributed by atoms with Crippen molar-refractivity contribution in [1.29, 1.82) is 0 Å². The van der Waals surface area contributed by atoms with Gasteiger partial charge in [-0.05, 0) is 42.0 Å². The van der Waals surface area contributed by atoms with Crippen molar-refractivity contribution in [1.82, 2.24) is 0 Å². The third kappa shape index (κ3) is 5.55.